The Bertz CT molecular complexity index is 3150. The highest BCUT2D eigenvalue weighted by molar-refractivity contribution is 7.18. The molecule has 1 aromatic heterocycles. The number of nitrogens with zero attached hydrogens (tertiary/aromatic N) is 2. The predicted octanol–water partition coefficient (Wildman–Crippen LogP) is 24.2. The van der Waals surface area contributed by atoms with Crippen LogP contribution < -0.4 is 9.80 Å². The Morgan fingerprint density at radius 1 is 0.299 bits per heavy atom. The van der Waals surface area contributed by atoms with E-state index in [1.54, 1.807) is 0 Å². The molecule has 0 fully saturated rings. The maximum atomic E-state index is 5.98. The molecule has 0 radical (unpaired) electrons. The standard InChI is InChI=1S/C82H94N2O2S/c1-5-9-11-17-23-67-35-47-75(48-36-67)83(77-51-39-69(40-52-77)25-19-13-15-21-61-85-63-71-31-27-65(7-3)28-32-71)79-55-43-73(44-56-79)81-59-60-82(87-81)74-45-57-80(58-46-74)84(76-49-37-68(38-50-76)24-18-12-10-6-2)78-53-41-70(42-54-78)26-20-14-16-22-62-86-64-72-33-29-66(8-4)30-34-72/h7-8,27-60H,3-6,9-26,61-64H2,1-2H3. The Morgan fingerprint density at radius 3 is 0.851 bits per heavy atom. The molecule has 0 saturated carbocycles. The summed E-state index contributed by atoms with van der Waals surface area (Å²) in [5, 5.41) is 0. The smallest absolute Gasteiger partial charge is 0.0716 e. The van der Waals surface area contributed by atoms with Crippen LogP contribution >= 0.6 is 11.3 Å². The highest BCUT2D eigenvalue weighted by atomic mass is 32.1. The number of ether oxygens (including phenoxy) is 2. The van der Waals surface area contributed by atoms with Gasteiger partial charge in [-0.1, -0.05) is 225 Å². The average Bonchev–Trinajstić information content (AvgIpc) is 4.19. The van der Waals surface area contributed by atoms with E-state index in [4.69, 9.17) is 9.47 Å². The molecule has 87 heavy (non-hydrogen) atoms. The van der Waals surface area contributed by atoms with Gasteiger partial charge in [0, 0.05) is 57.1 Å². The van der Waals surface area contributed by atoms with Crippen molar-refractivity contribution in [1.29, 1.82) is 0 Å². The normalized spacial score (nSPS) is 11.2. The van der Waals surface area contributed by atoms with Crippen LogP contribution in [0.5, 0.6) is 0 Å². The zero-order chi connectivity index (χ0) is 60.1. The summed E-state index contributed by atoms with van der Waals surface area (Å²) in [6.45, 7) is 15.2. The van der Waals surface area contributed by atoms with Crippen LogP contribution in [0.25, 0.3) is 33.0 Å². The predicted molar refractivity (Wildman–Crippen MR) is 377 cm³/mol. The van der Waals surface area contributed by atoms with Crippen molar-refractivity contribution in [2.45, 2.75) is 155 Å². The molecular weight excluding hydrogens is 1080 g/mol. The third-order valence-corrected chi connectivity index (χ3v) is 18.0. The van der Waals surface area contributed by atoms with Crippen molar-refractivity contribution < 1.29 is 9.47 Å². The minimum atomic E-state index is 0.668. The number of thiophene rings is 1. The molecule has 0 amide bonds. The Labute approximate surface area is 527 Å². The molecule has 1 heterocycles. The number of anilines is 6. The maximum Gasteiger partial charge on any atom is 0.0716 e. The molecule has 0 bridgehead atoms. The fourth-order valence-electron chi connectivity index (χ4n) is 11.5. The Morgan fingerprint density at radius 2 is 0.563 bits per heavy atom. The second-order valence-electron chi connectivity index (χ2n) is 23.5. The number of hydrogen-bond acceptors (Lipinski definition) is 5. The number of hydrogen-bond donors (Lipinski definition) is 0. The van der Waals surface area contributed by atoms with Crippen molar-refractivity contribution in [3.8, 4) is 20.9 Å². The fourth-order valence-corrected chi connectivity index (χ4v) is 12.5. The molecule has 0 atom stereocenters. The van der Waals surface area contributed by atoms with E-state index >= 15 is 0 Å². The molecule has 8 aromatic carbocycles. The zero-order valence-corrected chi connectivity index (χ0v) is 53.1. The van der Waals surface area contributed by atoms with E-state index in [0.717, 1.165) is 74.2 Å². The quantitative estimate of drug-likeness (QED) is 0.0360. The zero-order valence-electron chi connectivity index (χ0n) is 52.3. The Balaban J connectivity index is 0.826. The van der Waals surface area contributed by atoms with Crippen LogP contribution in [-0.2, 0) is 48.4 Å². The van der Waals surface area contributed by atoms with Gasteiger partial charge in [-0.25, -0.2) is 0 Å². The van der Waals surface area contributed by atoms with Crippen LogP contribution in [0, 0.1) is 0 Å². The summed E-state index contributed by atoms with van der Waals surface area (Å²) in [7, 11) is 0. The SMILES string of the molecule is C=Cc1ccc(COCCCCCCc2ccc(N(c3ccc(CCCCCC)cc3)c3ccc(-c4ccc(-c5ccc(N(c6ccc(CCCCCC)cc6)c6ccc(CCCCCCOCc7ccc(C=C)cc7)cc6)cc5)s4)cc3)cc2)cc1. The van der Waals surface area contributed by atoms with E-state index in [2.05, 4.69) is 243 Å². The van der Waals surface area contributed by atoms with Gasteiger partial charge in [-0.15, -0.1) is 11.3 Å². The van der Waals surface area contributed by atoms with Crippen molar-refractivity contribution in [2.75, 3.05) is 23.0 Å². The van der Waals surface area contributed by atoms with Gasteiger partial charge < -0.3 is 19.3 Å². The molecule has 0 spiro atoms. The molecule has 4 nitrogen and oxygen atoms in total. The maximum absolute atomic E-state index is 5.98. The second kappa shape index (κ2) is 35.3. The molecule has 0 aliphatic heterocycles. The molecule has 0 unspecified atom stereocenters. The summed E-state index contributed by atoms with van der Waals surface area (Å²) in [4.78, 5) is 7.35. The molecule has 0 saturated heterocycles. The average molecular weight is 1170 g/mol. The summed E-state index contributed by atoms with van der Waals surface area (Å²) in [5.41, 5.74) is 19.8. The minimum absolute atomic E-state index is 0.668. The molecule has 450 valence electrons. The Kier molecular flexibility index (Phi) is 26.0. The molecule has 0 aliphatic rings. The highest BCUT2D eigenvalue weighted by Gasteiger charge is 2.17. The van der Waals surface area contributed by atoms with Crippen molar-refractivity contribution in [2.24, 2.45) is 0 Å². The molecule has 5 heteroatoms. The first-order chi connectivity index (χ1) is 43.0. The largest absolute Gasteiger partial charge is 0.377 e. The van der Waals surface area contributed by atoms with Gasteiger partial charge in [0.25, 0.3) is 0 Å². The minimum Gasteiger partial charge on any atom is -0.377 e. The monoisotopic (exact) mass is 1170 g/mol. The molecule has 9 rings (SSSR count). The first-order valence-corrected chi connectivity index (χ1v) is 33.6. The first-order valence-electron chi connectivity index (χ1n) is 32.8. The summed E-state index contributed by atoms with van der Waals surface area (Å²) in [6, 6.07) is 77.0. The van der Waals surface area contributed by atoms with Crippen LogP contribution in [-0.4, -0.2) is 13.2 Å². The van der Waals surface area contributed by atoms with Crippen molar-refractivity contribution in [1.82, 2.24) is 0 Å². The van der Waals surface area contributed by atoms with Crippen molar-refractivity contribution >= 4 is 57.6 Å². The first kappa shape index (κ1) is 63.9. The highest BCUT2D eigenvalue weighted by Crippen LogP contribution is 2.41. The van der Waals surface area contributed by atoms with Crippen LogP contribution in [0.2, 0.25) is 0 Å². The Hall–Kier alpha value is -7.54. The third kappa shape index (κ3) is 20.0. The topological polar surface area (TPSA) is 24.9 Å². The fraction of sp³-hybridized carbons (Fsp3) is 0.317. The van der Waals surface area contributed by atoms with E-state index in [1.807, 2.05) is 23.5 Å². The van der Waals surface area contributed by atoms with Gasteiger partial charge in [-0.05, 0) is 205 Å². The van der Waals surface area contributed by atoms with Crippen LogP contribution in [0.1, 0.15) is 161 Å². The van der Waals surface area contributed by atoms with E-state index in [9.17, 15) is 0 Å². The van der Waals surface area contributed by atoms with Gasteiger partial charge >= 0.3 is 0 Å². The van der Waals surface area contributed by atoms with Crippen molar-refractivity contribution in [3.05, 3.63) is 264 Å². The lowest BCUT2D eigenvalue weighted by Crippen LogP contribution is -2.10. The van der Waals surface area contributed by atoms with E-state index in [1.165, 1.54) is 167 Å². The van der Waals surface area contributed by atoms with Gasteiger partial charge in [-0.3, -0.25) is 0 Å². The second-order valence-corrected chi connectivity index (χ2v) is 24.6. The third-order valence-electron chi connectivity index (χ3n) is 16.8. The van der Waals surface area contributed by atoms with E-state index < -0.39 is 0 Å². The molecular formula is C82H94N2O2S. The number of benzene rings is 8. The van der Waals surface area contributed by atoms with Crippen LogP contribution in [0.3, 0.4) is 0 Å². The molecule has 9 aromatic rings. The molecule has 0 aliphatic carbocycles. The summed E-state index contributed by atoms with van der Waals surface area (Å²) in [5.74, 6) is 0. The van der Waals surface area contributed by atoms with Gasteiger partial charge in [0.15, 0.2) is 0 Å². The number of unbranched alkanes of at least 4 members (excludes halogenated alkanes) is 12. The molecule has 0 N–H and O–H groups in total. The van der Waals surface area contributed by atoms with E-state index in [0.29, 0.717) is 13.2 Å². The van der Waals surface area contributed by atoms with Crippen LogP contribution in [0.15, 0.2) is 219 Å². The van der Waals surface area contributed by atoms with Gasteiger partial charge in [0.1, 0.15) is 0 Å². The van der Waals surface area contributed by atoms with Crippen LogP contribution in [0.4, 0.5) is 34.1 Å². The lowest BCUT2D eigenvalue weighted by atomic mass is 10.0. The summed E-state index contributed by atoms with van der Waals surface area (Å²) >= 11 is 1.86. The lowest BCUT2D eigenvalue weighted by Gasteiger charge is -2.26. The lowest BCUT2D eigenvalue weighted by molar-refractivity contribution is 0.116. The number of rotatable bonds is 38. The van der Waals surface area contributed by atoms with Gasteiger partial charge in [-0.2, -0.15) is 0 Å². The van der Waals surface area contributed by atoms with Crippen molar-refractivity contribution in [3.63, 3.8) is 0 Å². The summed E-state index contributed by atoms with van der Waals surface area (Å²) in [6.07, 6.45) is 27.7. The van der Waals surface area contributed by atoms with E-state index in [-0.39, 0.29) is 0 Å². The summed E-state index contributed by atoms with van der Waals surface area (Å²) < 4.78 is 12.0. The van der Waals surface area contributed by atoms with Gasteiger partial charge in [0.2, 0.25) is 0 Å². The van der Waals surface area contributed by atoms with Gasteiger partial charge in [0.05, 0.1) is 13.2 Å². The number of aryl methyl sites for hydroxylation is 4.